The number of hydrogen-bond acceptors (Lipinski definition) is 4. The van der Waals surface area contributed by atoms with Crippen LogP contribution in [0.1, 0.15) is 37.3 Å². The molecule has 0 N–H and O–H groups in total. The van der Waals surface area contributed by atoms with Gasteiger partial charge in [0, 0.05) is 32.2 Å². The number of thiophene rings is 1. The third-order valence-electron chi connectivity index (χ3n) is 4.29. The van der Waals surface area contributed by atoms with Gasteiger partial charge < -0.3 is 19.1 Å². The molecule has 2 aromatic rings. The van der Waals surface area contributed by atoms with Crippen molar-refractivity contribution in [2.24, 2.45) is 0 Å². The van der Waals surface area contributed by atoms with E-state index in [1.807, 2.05) is 11.0 Å². The smallest absolute Gasteiger partial charge is 0.409 e. The van der Waals surface area contributed by atoms with Gasteiger partial charge in [-0.3, -0.25) is 4.79 Å². The number of piperazine rings is 1. The number of fused-ring (bicyclic) bond motifs is 1. The number of nitrogens with zero attached hydrogens (tertiary/aromatic N) is 3. The highest BCUT2D eigenvalue weighted by molar-refractivity contribution is 7.17. The van der Waals surface area contributed by atoms with Crippen LogP contribution < -0.4 is 0 Å². The molecular formula is C17H23N3O3S. The molecule has 0 aromatic carbocycles. The van der Waals surface area contributed by atoms with E-state index < -0.39 is 0 Å². The highest BCUT2D eigenvalue weighted by Gasteiger charge is 2.28. The van der Waals surface area contributed by atoms with Crippen LogP contribution in [0.3, 0.4) is 0 Å². The molecule has 24 heavy (non-hydrogen) atoms. The number of carbonyl (C=O) groups excluding carboxylic acids is 2. The van der Waals surface area contributed by atoms with Crippen LogP contribution in [0, 0.1) is 0 Å². The van der Waals surface area contributed by atoms with Gasteiger partial charge in [-0.2, -0.15) is 0 Å². The lowest BCUT2D eigenvalue weighted by molar-refractivity contribution is 0.0561. The molecule has 3 heterocycles. The Morgan fingerprint density at radius 2 is 1.88 bits per heavy atom. The van der Waals surface area contributed by atoms with Gasteiger partial charge in [0.25, 0.3) is 5.91 Å². The van der Waals surface area contributed by atoms with Crippen LogP contribution in [0.5, 0.6) is 0 Å². The molecule has 0 saturated carbocycles. The van der Waals surface area contributed by atoms with Gasteiger partial charge in [0.2, 0.25) is 0 Å². The maximum absolute atomic E-state index is 13.0. The Morgan fingerprint density at radius 1 is 1.21 bits per heavy atom. The molecule has 1 aliphatic heterocycles. The van der Waals surface area contributed by atoms with Crippen molar-refractivity contribution in [1.29, 1.82) is 0 Å². The summed E-state index contributed by atoms with van der Waals surface area (Å²) in [6.45, 7) is 8.45. The number of aromatic nitrogens is 1. The van der Waals surface area contributed by atoms with E-state index in [1.165, 1.54) is 0 Å². The summed E-state index contributed by atoms with van der Waals surface area (Å²) in [5.74, 6) is 0.0376. The van der Waals surface area contributed by atoms with E-state index in [4.69, 9.17) is 4.74 Å². The first kappa shape index (κ1) is 16.8. The van der Waals surface area contributed by atoms with Crippen molar-refractivity contribution in [3.63, 3.8) is 0 Å². The maximum Gasteiger partial charge on any atom is 0.409 e. The number of ether oxygens (including phenoxy) is 1. The Labute approximate surface area is 145 Å². The van der Waals surface area contributed by atoms with Crippen molar-refractivity contribution in [2.45, 2.75) is 26.8 Å². The van der Waals surface area contributed by atoms with E-state index in [-0.39, 0.29) is 18.0 Å². The first-order chi connectivity index (χ1) is 11.5. The van der Waals surface area contributed by atoms with Gasteiger partial charge in [-0.05, 0) is 38.3 Å². The summed E-state index contributed by atoms with van der Waals surface area (Å²) in [4.78, 5) is 28.2. The molecule has 0 bridgehead atoms. The molecule has 2 aromatic heterocycles. The molecule has 2 amide bonds. The minimum Gasteiger partial charge on any atom is -0.450 e. The zero-order valence-corrected chi connectivity index (χ0v) is 15.1. The predicted octanol–water partition coefficient (Wildman–Crippen LogP) is 3.20. The quantitative estimate of drug-likeness (QED) is 0.855. The van der Waals surface area contributed by atoms with Crippen LogP contribution >= 0.6 is 11.3 Å². The Hall–Kier alpha value is -2.02. The molecule has 1 saturated heterocycles. The second-order valence-corrected chi connectivity index (χ2v) is 7.09. The highest BCUT2D eigenvalue weighted by Crippen LogP contribution is 2.29. The molecule has 1 fully saturated rings. The molecule has 7 heteroatoms. The second-order valence-electron chi connectivity index (χ2n) is 6.14. The van der Waals surface area contributed by atoms with Crippen molar-refractivity contribution in [2.75, 3.05) is 32.8 Å². The van der Waals surface area contributed by atoms with Crippen molar-refractivity contribution < 1.29 is 14.3 Å². The van der Waals surface area contributed by atoms with Crippen LogP contribution in [0.4, 0.5) is 4.79 Å². The van der Waals surface area contributed by atoms with Crippen LogP contribution in [0.25, 0.3) is 10.2 Å². The van der Waals surface area contributed by atoms with Gasteiger partial charge in [-0.15, -0.1) is 11.3 Å². The standard InChI is InChI=1S/C17H23N3O3S/c1-4-23-17(22)19-8-6-18(7-9-19)16(21)14-11-15-13(5-10-24-15)20(14)12(2)3/h5,10-12H,4,6-9H2,1-3H3. The average Bonchev–Trinajstić information content (AvgIpc) is 3.14. The van der Waals surface area contributed by atoms with E-state index in [0.29, 0.717) is 32.8 Å². The predicted molar refractivity (Wildman–Crippen MR) is 94.7 cm³/mol. The Morgan fingerprint density at radius 3 is 2.50 bits per heavy atom. The second kappa shape index (κ2) is 6.84. The highest BCUT2D eigenvalue weighted by atomic mass is 32.1. The normalized spacial score (nSPS) is 15.3. The Bertz CT molecular complexity index is 741. The monoisotopic (exact) mass is 349 g/mol. The molecule has 0 atom stereocenters. The maximum atomic E-state index is 13.0. The lowest BCUT2D eigenvalue weighted by atomic mass is 10.2. The van der Waals surface area contributed by atoms with E-state index in [2.05, 4.69) is 29.9 Å². The summed E-state index contributed by atoms with van der Waals surface area (Å²) in [5, 5.41) is 2.05. The molecule has 3 rings (SSSR count). The summed E-state index contributed by atoms with van der Waals surface area (Å²) >= 11 is 1.65. The van der Waals surface area contributed by atoms with Gasteiger partial charge in [-0.1, -0.05) is 0 Å². The van der Waals surface area contributed by atoms with Gasteiger partial charge >= 0.3 is 6.09 Å². The Balaban J connectivity index is 1.75. The van der Waals surface area contributed by atoms with Crippen LogP contribution in [-0.4, -0.2) is 59.2 Å². The topological polar surface area (TPSA) is 54.8 Å². The average molecular weight is 349 g/mol. The van der Waals surface area contributed by atoms with Crippen LogP contribution in [0.2, 0.25) is 0 Å². The minimum absolute atomic E-state index is 0.0376. The molecule has 0 radical (unpaired) electrons. The molecule has 0 spiro atoms. The molecule has 0 unspecified atom stereocenters. The van der Waals surface area contributed by atoms with Gasteiger partial charge in [0.1, 0.15) is 5.69 Å². The number of rotatable bonds is 3. The fourth-order valence-corrected chi connectivity index (χ4v) is 3.95. The van der Waals surface area contributed by atoms with Gasteiger partial charge in [0.05, 0.1) is 16.8 Å². The summed E-state index contributed by atoms with van der Waals surface area (Å²) in [5.41, 5.74) is 1.85. The van der Waals surface area contributed by atoms with Crippen LogP contribution in [0.15, 0.2) is 17.5 Å². The van der Waals surface area contributed by atoms with Crippen molar-refractivity contribution >= 4 is 33.6 Å². The summed E-state index contributed by atoms with van der Waals surface area (Å²) in [7, 11) is 0. The van der Waals surface area contributed by atoms with Crippen molar-refractivity contribution in [1.82, 2.24) is 14.4 Å². The molecular weight excluding hydrogens is 326 g/mol. The van der Waals surface area contributed by atoms with Gasteiger partial charge in [-0.25, -0.2) is 4.79 Å². The summed E-state index contributed by atoms with van der Waals surface area (Å²) in [6, 6.07) is 4.27. The lowest BCUT2D eigenvalue weighted by Crippen LogP contribution is -2.51. The van der Waals surface area contributed by atoms with Crippen molar-refractivity contribution in [3.8, 4) is 0 Å². The first-order valence-corrected chi connectivity index (χ1v) is 9.20. The number of hydrogen-bond donors (Lipinski definition) is 0. The summed E-state index contributed by atoms with van der Waals surface area (Å²) in [6.07, 6.45) is -0.296. The number of amides is 2. The fraction of sp³-hybridized carbons (Fsp3) is 0.529. The minimum atomic E-state index is -0.296. The third-order valence-corrected chi connectivity index (χ3v) is 5.14. The zero-order valence-electron chi connectivity index (χ0n) is 14.3. The Kier molecular flexibility index (Phi) is 4.80. The molecule has 6 nitrogen and oxygen atoms in total. The lowest BCUT2D eigenvalue weighted by Gasteiger charge is -2.34. The van der Waals surface area contributed by atoms with E-state index in [0.717, 1.165) is 15.9 Å². The molecule has 130 valence electrons. The van der Waals surface area contributed by atoms with E-state index in [1.54, 1.807) is 23.2 Å². The SMILES string of the molecule is CCOC(=O)N1CCN(C(=O)c2cc3sccc3n2C(C)C)CC1. The zero-order chi connectivity index (χ0) is 17.3. The van der Waals surface area contributed by atoms with Gasteiger partial charge in [0.15, 0.2) is 0 Å². The third kappa shape index (κ3) is 3.00. The first-order valence-electron chi connectivity index (χ1n) is 8.32. The van der Waals surface area contributed by atoms with E-state index in [9.17, 15) is 9.59 Å². The van der Waals surface area contributed by atoms with Crippen LogP contribution in [-0.2, 0) is 4.74 Å². The largest absolute Gasteiger partial charge is 0.450 e. The number of carbonyl (C=O) groups is 2. The summed E-state index contributed by atoms with van der Waals surface area (Å²) < 4.78 is 8.26. The fourth-order valence-electron chi connectivity index (χ4n) is 3.13. The van der Waals surface area contributed by atoms with Crippen molar-refractivity contribution in [3.05, 3.63) is 23.2 Å². The van der Waals surface area contributed by atoms with E-state index >= 15 is 0 Å². The molecule has 0 aliphatic carbocycles. The molecule has 1 aliphatic rings.